The SMILES string of the molecule is CCCCc1nn(-c2nc(O)nc(-n3nc(CCCC)c(N=Nc4c(C(=O)OC)cnn4C)c3N)n2)c(N)c1N=Nc1c(C(=O)OC)cnn1C. The van der Waals surface area contributed by atoms with Crippen LogP contribution < -0.4 is 11.5 Å². The Morgan fingerprint density at radius 1 is 0.725 bits per heavy atom. The van der Waals surface area contributed by atoms with Gasteiger partial charge in [0.15, 0.2) is 34.6 Å². The monoisotopic (exact) mass is 703 g/mol. The van der Waals surface area contributed by atoms with Gasteiger partial charge in [0.05, 0.1) is 38.0 Å². The predicted octanol–water partition coefficient (Wildman–Crippen LogP) is 3.67. The van der Waals surface area contributed by atoms with Crippen LogP contribution in [0.3, 0.4) is 0 Å². The maximum Gasteiger partial charge on any atom is 0.343 e. The molecule has 51 heavy (non-hydrogen) atoms. The van der Waals surface area contributed by atoms with E-state index in [0.717, 1.165) is 25.7 Å². The largest absolute Gasteiger partial charge is 0.479 e. The third-order valence-electron chi connectivity index (χ3n) is 7.56. The number of carbonyl (C=O) groups is 2. The summed E-state index contributed by atoms with van der Waals surface area (Å²) in [6.07, 6.45) is 6.75. The Balaban J connectivity index is 1.58. The summed E-state index contributed by atoms with van der Waals surface area (Å²) in [5.41, 5.74) is 14.6. The van der Waals surface area contributed by atoms with Crippen molar-refractivity contribution < 1.29 is 24.2 Å². The van der Waals surface area contributed by atoms with Gasteiger partial charge in [-0.25, -0.2) is 19.0 Å². The Morgan fingerprint density at radius 3 is 1.51 bits per heavy atom. The van der Waals surface area contributed by atoms with Crippen molar-refractivity contribution in [2.75, 3.05) is 25.7 Å². The molecule has 5 aromatic rings. The highest BCUT2D eigenvalue weighted by atomic mass is 16.5. The molecule has 22 nitrogen and oxygen atoms in total. The Kier molecular flexibility index (Phi) is 10.7. The van der Waals surface area contributed by atoms with Crippen molar-refractivity contribution in [1.29, 1.82) is 0 Å². The molecule has 0 radical (unpaired) electrons. The van der Waals surface area contributed by atoms with E-state index < -0.39 is 17.9 Å². The number of esters is 2. The lowest BCUT2D eigenvalue weighted by molar-refractivity contribution is 0.0592. The molecule has 0 saturated heterocycles. The molecule has 5 N–H and O–H groups in total. The van der Waals surface area contributed by atoms with Crippen LogP contribution in [-0.2, 0) is 36.4 Å². The van der Waals surface area contributed by atoms with Crippen molar-refractivity contribution in [2.45, 2.75) is 52.4 Å². The van der Waals surface area contributed by atoms with Crippen molar-refractivity contribution in [1.82, 2.24) is 54.1 Å². The number of anilines is 2. The number of nitrogens with two attached hydrogens (primary N) is 2. The van der Waals surface area contributed by atoms with Crippen molar-refractivity contribution >= 4 is 46.6 Å². The van der Waals surface area contributed by atoms with Gasteiger partial charge in [0.2, 0.25) is 0 Å². The third-order valence-corrected chi connectivity index (χ3v) is 7.56. The molecule has 5 aromatic heterocycles. The van der Waals surface area contributed by atoms with Crippen LogP contribution in [0.5, 0.6) is 6.01 Å². The molecule has 5 rings (SSSR count). The normalized spacial score (nSPS) is 11.6. The first-order valence-corrected chi connectivity index (χ1v) is 15.8. The van der Waals surface area contributed by atoms with E-state index in [9.17, 15) is 14.7 Å². The van der Waals surface area contributed by atoms with Gasteiger partial charge in [0.25, 0.3) is 11.9 Å². The van der Waals surface area contributed by atoms with Gasteiger partial charge < -0.3 is 26.0 Å². The summed E-state index contributed by atoms with van der Waals surface area (Å²) in [5, 5.41) is 45.1. The van der Waals surface area contributed by atoms with Gasteiger partial charge in [0, 0.05) is 14.1 Å². The fourth-order valence-electron chi connectivity index (χ4n) is 4.82. The van der Waals surface area contributed by atoms with E-state index in [4.69, 9.17) is 20.9 Å². The molecule has 0 unspecified atom stereocenters. The van der Waals surface area contributed by atoms with E-state index in [1.165, 1.54) is 45.3 Å². The quantitative estimate of drug-likeness (QED) is 0.110. The molecule has 22 heteroatoms. The minimum absolute atomic E-state index is 0.00709. The summed E-state index contributed by atoms with van der Waals surface area (Å²) in [6, 6.07) is -0.674. The summed E-state index contributed by atoms with van der Waals surface area (Å²) < 4.78 is 14.7. The van der Waals surface area contributed by atoms with Crippen LogP contribution >= 0.6 is 0 Å². The highest BCUT2D eigenvalue weighted by Gasteiger charge is 2.25. The van der Waals surface area contributed by atoms with Crippen molar-refractivity contribution in [3.8, 4) is 17.9 Å². The average molecular weight is 704 g/mol. The highest BCUT2D eigenvalue weighted by Crippen LogP contribution is 2.34. The van der Waals surface area contributed by atoms with Crippen molar-refractivity contribution in [3.63, 3.8) is 0 Å². The molecule has 0 spiro atoms. The van der Waals surface area contributed by atoms with Crippen LogP contribution in [0.15, 0.2) is 32.9 Å². The lowest BCUT2D eigenvalue weighted by atomic mass is 10.2. The fraction of sp³-hybridized carbons (Fsp3) is 0.414. The molecule has 0 bridgehead atoms. The lowest BCUT2D eigenvalue weighted by Crippen LogP contribution is -2.13. The number of ether oxygens (including phenoxy) is 2. The van der Waals surface area contributed by atoms with Gasteiger partial charge >= 0.3 is 17.9 Å². The van der Waals surface area contributed by atoms with Crippen molar-refractivity contribution in [3.05, 3.63) is 34.9 Å². The zero-order valence-corrected chi connectivity index (χ0v) is 28.8. The Labute approximate surface area is 290 Å². The first-order chi connectivity index (χ1) is 24.5. The standard InChI is InChI=1S/C29H37N17O5/c1-7-9-11-17-19(37-39-23-15(25(47)50-5)13-32-43(23)3)21(30)45(41-17)27-34-28(36-29(49)35-27)46-22(31)20(18(42-46)12-10-8-2)38-40-24-16(26(48)51-6)14-33-44(24)4/h13-14H,7-12,30-31H2,1-6H3,(H,34,35,36,49). The molecule has 0 aliphatic heterocycles. The van der Waals surface area contributed by atoms with Crippen LogP contribution in [-0.4, -0.2) is 85.3 Å². The second kappa shape index (κ2) is 15.3. The van der Waals surface area contributed by atoms with E-state index >= 15 is 0 Å². The minimum Gasteiger partial charge on any atom is -0.479 e. The molecular formula is C29H37N17O5. The zero-order valence-electron chi connectivity index (χ0n) is 28.8. The zero-order chi connectivity index (χ0) is 36.8. The number of hydrogen-bond acceptors (Lipinski definition) is 18. The Hall–Kier alpha value is -6.61. The Morgan fingerprint density at radius 2 is 1.14 bits per heavy atom. The predicted molar refractivity (Wildman–Crippen MR) is 179 cm³/mol. The number of azo groups is 2. The molecule has 0 aliphatic rings. The summed E-state index contributed by atoms with van der Waals surface area (Å²) in [7, 11) is 5.69. The summed E-state index contributed by atoms with van der Waals surface area (Å²) in [5.74, 6) is -1.35. The number of rotatable bonds is 14. The number of hydrogen-bond donors (Lipinski definition) is 3. The second-order valence-corrected chi connectivity index (χ2v) is 11.0. The third kappa shape index (κ3) is 7.23. The molecule has 268 valence electrons. The van der Waals surface area contributed by atoms with Gasteiger partial charge in [-0.1, -0.05) is 26.7 Å². The molecule has 0 aromatic carbocycles. The van der Waals surface area contributed by atoms with Crippen LogP contribution in [0, 0.1) is 0 Å². The molecular weight excluding hydrogens is 666 g/mol. The molecule has 5 heterocycles. The van der Waals surface area contributed by atoms with E-state index in [1.54, 1.807) is 14.1 Å². The molecule has 0 fully saturated rings. The number of nitrogen functional groups attached to an aromatic ring is 2. The first kappa shape index (κ1) is 35.7. The number of aromatic hydroxyl groups is 1. The van der Waals surface area contributed by atoms with E-state index in [0.29, 0.717) is 24.2 Å². The number of unbranched alkanes of at least 4 members (excludes halogenated alkanes) is 2. The maximum absolute atomic E-state index is 12.2. The van der Waals surface area contributed by atoms with Gasteiger partial charge in [-0.3, -0.25) is 0 Å². The topological polar surface area (TPSA) is 284 Å². The van der Waals surface area contributed by atoms with Crippen LogP contribution in [0.1, 0.15) is 71.6 Å². The highest BCUT2D eigenvalue weighted by molar-refractivity contribution is 5.94. The minimum atomic E-state index is -0.674. The van der Waals surface area contributed by atoms with Crippen molar-refractivity contribution in [2.24, 2.45) is 34.6 Å². The van der Waals surface area contributed by atoms with Gasteiger partial charge in [-0.2, -0.15) is 44.7 Å². The number of nitrogens with zero attached hydrogens (tertiary/aromatic N) is 15. The first-order valence-electron chi connectivity index (χ1n) is 15.8. The van der Waals surface area contributed by atoms with Gasteiger partial charge in [-0.15, -0.1) is 20.5 Å². The molecule has 0 aliphatic carbocycles. The average Bonchev–Trinajstić information content (AvgIpc) is 3.86. The summed E-state index contributed by atoms with van der Waals surface area (Å²) in [4.78, 5) is 37.1. The van der Waals surface area contributed by atoms with Crippen LogP contribution in [0.25, 0.3) is 11.9 Å². The van der Waals surface area contributed by atoms with Gasteiger partial charge in [0.1, 0.15) is 11.1 Å². The molecule has 0 saturated carbocycles. The maximum atomic E-state index is 12.2. The molecule has 0 amide bonds. The second-order valence-electron chi connectivity index (χ2n) is 11.0. The summed E-state index contributed by atoms with van der Waals surface area (Å²) >= 11 is 0. The number of aryl methyl sites for hydroxylation is 4. The van der Waals surface area contributed by atoms with Crippen LogP contribution in [0.2, 0.25) is 0 Å². The van der Waals surface area contributed by atoms with E-state index in [2.05, 4.69) is 55.8 Å². The molecule has 0 atom stereocenters. The number of methoxy groups -OCH3 is 2. The number of carbonyl (C=O) groups excluding carboxylic acids is 2. The van der Waals surface area contributed by atoms with Gasteiger partial charge in [-0.05, 0) is 25.7 Å². The lowest BCUT2D eigenvalue weighted by Gasteiger charge is -2.06. The van der Waals surface area contributed by atoms with E-state index in [1.807, 2.05) is 13.8 Å². The fourth-order valence-corrected chi connectivity index (χ4v) is 4.82. The smallest absolute Gasteiger partial charge is 0.343 e. The summed E-state index contributed by atoms with van der Waals surface area (Å²) in [6.45, 7) is 4.03. The van der Waals surface area contributed by atoms with E-state index in [-0.39, 0.29) is 57.7 Å². The number of aromatic nitrogens is 11. The Bertz CT molecular complexity index is 1980. The van der Waals surface area contributed by atoms with Crippen LogP contribution in [0.4, 0.5) is 34.6 Å².